The minimum absolute atomic E-state index is 0.191. The molecule has 14 heavy (non-hydrogen) atoms. The molecular formula is C9H17N3O2. The molecule has 0 aliphatic heterocycles. The number of H-pyrrole nitrogens is 1. The van der Waals surface area contributed by atoms with Gasteiger partial charge in [0, 0.05) is 18.9 Å². The number of likely N-dealkylation sites (N-methyl/N-ethyl adjacent to an activating group) is 1. The zero-order valence-electron chi connectivity index (χ0n) is 8.82. The molecule has 1 aromatic heterocycles. The van der Waals surface area contributed by atoms with Crippen molar-refractivity contribution in [2.24, 2.45) is 0 Å². The van der Waals surface area contributed by atoms with Crippen LogP contribution >= 0.6 is 0 Å². The normalized spacial score (nSPS) is 15.8. The molecule has 0 fully saturated rings. The number of aliphatic hydroxyl groups is 1. The maximum atomic E-state index is 11.2. The predicted octanol–water partition coefficient (Wildman–Crippen LogP) is -0.511. The zero-order chi connectivity index (χ0) is 10.8. The highest BCUT2D eigenvalue weighted by molar-refractivity contribution is 4.82. The number of aromatic amines is 1. The van der Waals surface area contributed by atoms with Crippen LogP contribution in [0.4, 0.5) is 0 Å². The fraction of sp³-hybridized carbons (Fsp3) is 0.667. The first kappa shape index (κ1) is 11.0. The van der Waals surface area contributed by atoms with Crippen LogP contribution in [0.1, 0.15) is 6.92 Å². The lowest BCUT2D eigenvalue weighted by molar-refractivity contribution is 0.0168. The number of aromatic nitrogens is 2. The topological polar surface area (TPSA) is 61.3 Å². The van der Waals surface area contributed by atoms with Gasteiger partial charge in [-0.25, -0.2) is 4.79 Å². The molecule has 1 atom stereocenters. The number of rotatable bonds is 4. The van der Waals surface area contributed by atoms with Crippen molar-refractivity contribution in [2.75, 3.05) is 20.6 Å². The highest BCUT2D eigenvalue weighted by Gasteiger charge is 2.22. The summed E-state index contributed by atoms with van der Waals surface area (Å²) in [5.41, 5.74) is -1.08. The molecule has 5 nitrogen and oxygen atoms in total. The average Bonchev–Trinajstić information content (AvgIpc) is 2.32. The van der Waals surface area contributed by atoms with E-state index in [9.17, 15) is 9.90 Å². The van der Waals surface area contributed by atoms with Gasteiger partial charge in [-0.05, 0) is 21.0 Å². The van der Waals surface area contributed by atoms with Crippen molar-refractivity contribution >= 4 is 0 Å². The summed E-state index contributed by atoms with van der Waals surface area (Å²) in [6, 6.07) is 0. The summed E-state index contributed by atoms with van der Waals surface area (Å²) < 4.78 is 1.46. The molecule has 0 aliphatic carbocycles. The Morgan fingerprint density at radius 2 is 2.29 bits per heavy atom. The molecule has 2 N–H and O–H groups in total. The molecule has 0 aromatic carbocycles. The maximum absolute atomic E-state index is 11.2. The third kappa shape index (κ3) is 3.01. The van der Waals surface area contributed by atoms with Gasteiger partial charge in [0.1, 0.15) is 0 Å². The summed E-state index contributed by atoms with van der Waals surface area (Å²) in [6.45, 7) is 2.53. The van der Waals surface area contributed by atoms with Crippen molar-refractivity contribution in [1.29, 1.82) is 0 Å². The van der Waals surface area contributed by atoms with Crippen LogP contribution in [0.5, 0.6) is 0 Å². The van der Waals surface area contributed by atoms with E-state index in [2.05, 4.69) is 4.98 Å². The standard InChI is InChI=1S/C9H17N3O2/c1-9(14,6-11(2)3)7-12-5-4-10-8(12)13/h4-5,14H,6-7H2,1-3H3,(H,10,13). The van der Waals surface area contributed by atoms with Crippen LogP contribution in [0.3, 0.4) is 0 Å². The Bertz CT molecular complexity index is 338. The molecule has 1 rings (SSSR count). The Labute approximate surface area is 83.0 Å². The summed E-state index contributed by atoms with van der Waals surface area (Å²) >= 11 is 0. The van der Waals surface area contributed by atoms with Gasteiger partial charge in [0.2, 0.25) is 0 Å². The molecule has 0 saturated carbocycles. The number of hydrogen-bond acceptors (Lipinski definition) is 3. The Hall–Kier alpha value is -1.07. The summed E-state index contributed by atoms with van der Waals surface area (Å²) in [6.07, 6.45) is 3.19. The van der Waals surface area contributed by atoms with Crippen LogP contribution < -0.4 is 5.69 Å². The largest absolute Gasteiger partial charge is 0.387 e. The van der Waals surface area contributed by atoms with E-state index in [0.717, 1.165) is 0 Å². The van der Waals surface area contributed by atoms with E-state index in [1.54, 1.807) is 19.3 Å². The number of nitrogens with one attached hydrogen (secondary N) is 1. The Morgan fingerprint density at radius 3 is 2.71 bits per heavy atom. The SMILES string of the molecule is CN(C)CC(C)(O)Cn1cc[nH]c1=O. The van der Waals surface area contributed by atoms with Crippen molar-refractivity contribution in [3.63, 3.8) is 0 Å². The van der Waals surface area contributed by atoms with E-state index in [-0.39, 0.29) is 5.69 Å². The van der Waals surface area contributed by atoms with Gasteiger partial charge in [-0.15, -0.1) is 0 Å². The second-order valence-corrected chi connectivity index (χ2v) is 4.13. The average molecular weight is 199 g/mol. The van der Waals surface area contributed by atoms with Gasteiger partial charge >= 0.3 is 5.69 Å². The molecule has 80 valence electrons. The summed E-state index contributed by atoms with van der Waals surface area (Å²) in [4.78, 5) is 15.6. The molecule has 0 saturated heterocycles. The molecule has 1 aromatic rings. The van der Waals surface area contributed by atoms with Crippen LogP contribution in [0.2, 0.25) is 0 Å². The summed E-state index contributed by atoms with van der Waals surface area (Å²) in [5.74, 6) is 0. The Morgan fingerprint density at radius 1 is 1.64 bits per heavy atom. The van der Waals surface area contributed by atoms with Crippen molar-refractivity contribution in [3.05, 3.63) is 22.9 Å². The smallest absolute Gasteiger partial charge is 0.325 e. The van der Waals surface area contributed by atoms with Crippen molar-refractivity contribution in [1.82, 2.24) is 14.5 Å². The van der Waals surface area contributed by atoms with Gasteiger partial charge in [0.25, 0.3) is 0 Å². The highest BCUT2D eigenvalue weighted by atomic mass is 16.3. The van der Waals surface area contributed by atoms with Crippen LogP contribution in [-0.4, -0.2) is 45.8 Å². The first-order chi connectivity index (χ1) is 6.41. The first-order valence-electron chi connectivity index (χ1n) is 4.52. The molecule has 0 aliphatic rings. The van der Waals surface area contributed by atoms with Crippen molar-refractivity contribution in [3.8, 4) is 0 Å². The molecule has 1 unspecified atom stereocenters. The minimum Gasteiger partial charge on any atom is -0.387 e. The van der Waals surface area contributed by atoms with E-state index in [0.29, 0.717) is 13.1 Å². The molecule has 0 radical (unpaired) electrons. The van der Waals surface area contributed by atoms with Gasteiger partial charge in [-0.3, -0.25) is 4.57 Å². The second kappa shape index (κ2) is 3.98. The molecule has 0 bridgehead atoms. The third-order valence-electron chi connectivity index (χ3n) is 1.89. The highest BCUT2D eigenvalue weighted by Crippen LogP contribution is 2.06. The Kier molecular flexibility index (Phi) is 3.13. The zero-order valence-corrected chi connectivity index (χ0v) is 8.82. The van der Waals surface area contributed by atoms with E-state index in [1.807, 2.05) is 19.0 Å². The minimum atomic E-state index is -0.893. The third-order valence-corrected chi connectivity index (χ3v) is 1.89. The van der Waals surface area contributed by atoms with Crippen LogP contribution in [0, 0.1) is 0 Å². The van der Waals surface area contributed by atoms with Crippen LogP contribution in [-0.2, 0) is 6.54 Å². The summed E-state index contributed by atoms with van der Waals surface area (Å²) in [7, 11) is 3.77. The number of hydrogen-bond donors (Lipinski definition) is 2. The van der Waals surface area contributed by atoms with Gasteiger partial charge in [0.15, 0.2) is 0 Å². The van der Waals surface area contributed by atoms with E-state index < -0.39 is 5.60 Å². The van der Waals surface area contributed by atoms with Crippen molar-refractivity contribution in [2.45, 2.75) is 19.1 Å². The lowest BCUT2D eigenvalue weighted by atomic mass is 10.1. The van der Waals surface area contributed by atoms with Gasteiger partial charge in [-0.2, -0.15) is 0 Å². The van der Waals surface area contributed by atoms with Crippen molar-refractivity contribution < 1.29 is 5.11 Å². The lowest BCUT2D eigenvalue weighted by Crippen LogP contribution is -2.42. The van der Waals surface area contributed by atoms with E-state index in [1.165, 1.54) is 4.57 Å². The first-order valence-corrected chi connectivity index (χ1v) is 4.52. The van der Waals surface area contributed by atoms with Crippen LogP contribution in [0.25, 0.3) is 0 Å². The molecular weight excluding hydrogens is 182 g/mol. The summed E-state index contributed by atoms with van der Waals surface area (Å²) in [5, 5.41) is 9.97. The molecule has 0 spiro atoms. The molecule has 1 heterocycles. The maximum Gasteiger partial charge on any atom is 0.325 e. The second-order valence-electron chi connectivity index (χ2n) is 4.13. The Balaban J connectivity index is 2.68. The number of imidazole rings is 1. The van der Waals surface area contributed by atoms with Gasteiger partial charge in [-0.1, -0.05) is 0 Å². The van der Waals surface area contributed by atoms with Crippen LogP contribution in [0.15, 0.2) is 17.2 Å². The fourth-order valence-corrected chi connectivity index (χ4v) is 1.57. The quantitative estimate of drug-likeness (QED) is 0.686. The predicted molar refractivity (Wildman–Crippen MR) is 54.2 cm³/mol. The molecule has 5 heteroatoms. The fourth-order valence-electron chi connectivity index (χ4n) is 1.57. The van der Waals surface area contributed by atoms with E-state index in [4.69, 9.17) is 0 Å². The molecule has 0 amide bonds. The van der Waals surface area contributed by atoms with Gasteiger partial charge in [0.05, 0.1) is 12.1 Å². The number of nitrogens with zero attached hydrogens (tertiary/aromatic N) is 2. The van der Waals surface area contributed by atoms with E-state index >= 15 is 0 Å². The monoisotopic (exact) mass is 199 g/mol. The lowest BCUT2D eigenvalue weighted by Gasteiger charge is -2.26. The van der Waals surface area contributed by atoms with Gasteiger partial charge < -0.3 is 15.0 Å².